The molecule has 0 spiro atoms. The molecule has 0 aromatic rings. The summed E-state index contributed by atoms with van der Waals surface area (Å²) >= 11 is 0. The normalized spacial score (nSPS) is 27.2. The predicted octanol–water partition coefficient (Wildman–Crippen LogP) is 2.41. The molecule has 4 rings (SSSR count). The molecule has 0 radical (unpaired) electrons. The van der Waals surface area contributed by atoms with Gasteiger partial charge in [-0.2, -0.15) is 0 Å². The molecule has 0 amide bonds. The Bertz CT molecular complexity index is 505. The minimum Gasteiger partial charge on any atom is -0.294 e. The second-order valence-electron chi connectivity index (χ2n) is 5.11. The predicted molar refractivity (Wildman–Crippen MR) is 58.8 cm³/mol. The Morgan fingerprint density at radius 3 is 1.50 bits per heavy atom. The van der Waals surface area contributed by atoms with E-state index < -0.39 is 0 Å². The maximum Gasteiger partial charge on any atom is 0.163 e. The zero-order valence-corrected chi connectivity index (χ0v) is 9.06. The van der Waals surface area contributed by atoms with Gasteiger partial charge in [-0.05, 0) is 36.8 Å². The van der Waals surface area contributed by atoms with Crippen molar-refractivity contribution in [3.8, 4) is 0 Å². The van der Waals surface area contributed by atoms with Crippen molar-refractivity contribution >= 4 is 11.6 Å². The highest BCUT2D eigenvalue weighted by Crippen LogP contribution is 2.52. The zero-order chi connectivity index (χ0) is 10.9. The fourth-order valence-corrected chi connectivity index (χ4v) is 3.66. The van der Waals surface area contributed by atoms with Gasteiger partial charge in [-0.15, -0.1) is 0 Å². The van der Waals surface area contributed by atoms with E-state index in [4.69, 9.17) is 0 Å². The number of Topliss-reactive ketones (excluding diaryl/α,β-unsaturated/α-hetero) is 2. The number of hydrogen-bond donors (Lipinski definition) is 0. The number of allylic oxidation sites excluding steroid dienone is 6. The Kier molecular flexibility index (Phi) is 1.42. The quantitative estimate of drug-likeness (QED) is 0.618. The van der Waals surface area contributed by atoms with Crippen LogP contribution in [0.5, 0.6) is 0 Å². The third-order valence-corrected chi connectivity index (χ3v) is 4.32. The summed E-state index contributed by atoms with van der Waals surface area (Å²) in [6, 6.07) is 0. The number of carbonyl (C=O) groups excluding carboxylic acids is 2. The largest absolute Gasteiger partial charge is 0.294 e. The Labute approximate surface area is 93.7 Å². The Hall–Kier alpha value is -1.44. The van der Waals surface area contributed by atoms with Gasteiger partial charge in [0.15, 0.2) is 11.6 Å². The molecule has 0 aromatic heterocycles. The second-order valence-corrected chi connectivity index (χ2v) is 5.11. The van der Waals surface area contributed by atoms with E-state index in [2.05, 4.69) is 0 Å². The van der Waals surface area contributed by atoms with Crippen molar-refractivity contribution in [2.75, 3.05) is 0 Å². The van der Waals surface area contributed by atoms with E-state index in [9.17, 15) is 9.59 Å². The summed E-state index contributed by atoms with van der Waals surface area (Å²) in [5.74, 6) is 0.627. The van der Waals surface area contributed by atoms with Crippen molar-refractivity contribution in [1.82, 2.24) is 0 Å². The average Bonchev–Trinajstić information content (AvgIpc) is 2.90. The lowest BCUT2D eigenvalue weighted by Gasteiger charge is -2.04. The number of carbonyl (C=O) groups is 2. The molecule has 4 aliphatic rings. The molecule has 0 atom stereocenters. The molecule has 0 heterocycles. The third-order valence-electron chi connectivity index (χ3n) is 4.32. The Morgan fingerprint density at radius 1 is 0.625 bits per heavy atom. The molecule has 16 heavy (non-hydrogen) atoms. The molecule has 0 unspecified atom stereocenters. The van der Waals surface area contributed by atoms with Gasteiger partial charge in [0.25, 0.3) is 0 Å². The standard InChI is InChI=1S/C14H12O2/c15-11-3-1-7-5-9-10(13(7)11)6-8-2-4-12(16)14(8)9/h1-6H2. The summed E-state index contributed by atoms with van der Waals surface area (Å²) in [5.41, 5.74) is 7.07. The van der Waals surface area contributed by atoms with Crippen LogP contribution < -0.4 is 0 Å². The molecular formula is C14H12O2. The summed E-state index contributed by atoms with van der Waals surface area (Å²) in [5, 5.41) is 0. The van der Waals surface area contributed by atoms with Gasteiger partial charge in [0, 0.05) is 24.0 Å². The van der Waals surface area contributed by atoms with Gasteiger partial charge < -0.3 is 0 Å². The van der Waals surface area contributed by atoms with Crippen LogP contribution in [-0.2, 0) is 9.59 Å². The van der Waals surface area contributed by atoms with Crippen LogP contribution in [-0.4, -0.2) is 11.6 Å². The van der Waals surface area contributed by atoms with E-state index in [1.807, 2.05) is 0 Å². The molecule has 0 aliphatic heterocycles. The number of rotatable bonds is 0. The first-order chi connectivity index (χ1) is 7.75. The second kappa shape index (κ2) is 2.62. The summed E-state index contributed by atoms with van der Waals surface area (Å²) in [6.07, 6.45) is 5.03. The Morgan fingerprint density at radius 2 is 1.06 bits per heavy atom. The van der Waals surface area contributed by atoms with E-state index >= 15 is 0 Å². The molecule has 0 bridgehead atoms. The third kappa shape index (κ3) is 0.845. The molecule has 80 valence electrons. The van der Waals surface area contributed by atoms with Gasteiger partial charge in [-0.25, -0.2) is 0 Å². The lowest BCUT2D eigenvalue weighted by atomic mass is 9.99. The lowest BCUT2D eigenvalue weighted by molar-refractivity contribution is -0.115. The van der Waals surface area contributed by atoms with Crippen molar-refractivity contribution < 1.29 is 9.59 Å². The highest BCUT2D eigenvalue weighted by molar-refractivity contribution is 6.10. The molecule has 0 aromatic carbocycles. The van der Waals surface area contributed by atoms with Gasteiger partial charge in [0.1, 0.15) is 0 Å². The number of hydrogen-bond acceptors (Lipinski definition) is 2. The first kappa shape index (κ1) is 8.68. The summed E-state index contributed by atoms with van der Waals surface area (Å²) < 4.78 is 0. The van der Waals surface area contributed by atoms with Crippen LogP contribution in [0.3, 0.4) is 0 Å². The Balaban J connectivity index is 1.83. The van der Waals surface area contributed by atoms with E-state index in [1.54, 1.807) is 0 Å². The lowest BCUT2D eigenvalue weighted by Crippen LogP contribution is -2.01. The van der Waals surface area contributed by atoms with Crippen molar-refractivity contribution in [2.24, 2.45) is 0 Å². The van der Waals surface area contributed by atoms with Crippen LogP contribution in [0.25, 0.3) is 0 Å². The van der Waals surface area contributed by atoms with E-state index in [1.165, 1.54) is 22.3 Å². The molecule has 4 aliphatic carbocycles. The van der Waals surface area contributed by atoms with Gasteiger partial charge in [0.2, 0.25) is 0 Å². The molecule has 0 saturated heterocycles. The first-order valence-electron chi connectivity index (χ1n) is 5.99. The van der Waals surface area contributed by atoms with Crippen molar-refractivity contribution in [2.45, 2.75) is 38.5 Å². The van der Waals surface area contributed by atoms with Gasteiger partial charge in [-0.3, -0.25) is 9.59 Å². The van der Waals surface area contributed by atoms with Crippen LogP contribution >= 0.6 is 0 Å². The van der Waals surface area contributed by atoms with Crippen LogP contribution in [0.2, 0.25) is 0 Å². The maximum absolute atomic E-state index is 11.8. The molecule has 2 heteroatoms. The topological polar surface area (TPSA) is 34.1 Å². The SMILES string of the molecule is O=C1CCC2=C1C1=C(C2)C2=C(CCC2=O)C1. The minimum atomic E-state index is 0.314. The number of fused-ring (bicyclic) bond motifs is 2. The average molecular weight is 212 g/mol. The summed E-state index contributed by atoms with van der Waals surface area (Å²) in [6.45, 7) is 0. The highest BCUT2D eigenvalue weighted by Gasteiger charge is 2.41. The molecule has 2 nitrogen and oxygen atoms in total. The molecule has 0 saturated carbocycles. The van der Waals surface area contributed by atoms with Crippen LogP contribution in [0, 0.1) is 0 Å². The fourth-order valence-electron chi connectivity index (χ4n) is 3.66. The van der Waals surface area contributed by atoms with Crippen LogP contribution in [0.4, 0.5) is 0 Å². The highest BCUT2D eigenvalue weighted by atomic mass is 16.1. The van der Waals surface area contributed by atoms with E-state index in [0.29, 0.717) is 24.4 Å². The van der Waals surface area contributed by atoms with Gasteiger partial charge >= 0.3 is 0 Å². The monoisotopic (exact) mass is 212 g/mol. The smallest absolute Gasteiger partial charge is 0.163 e. The van der Waals surface area contributed by atoms with E-state index in [0.717, 1.165) is 36.8 Å². The number of ketones is 2. The summed E-state index contributed by atoms with van der Waals surface area (Å²) in [7, 11) is 0. The van der Waals surface area contributed by atoms with Crippen molar-refractivity contribution in [3.63, 3.8) is 0 Å². The summed E-state index contributed by atoms with van der Waals surface area (Å²) in [4.78, 5) is 23.6. The molecule has 0 fully saturated rings. The first-order valence-corrected chi connectivity index (χ1v) is 5.99. The van der Waals surface area contributed by atoms with E-state index in [-0.39, 0.29) is 0 Å². The van der Waals surface area contributed by atoms with Gasteiger partial charge in [0.05, 0.1) is 0 Å². The van der Waals surface area contributed by atoms with Crippen molar-refractivity contribution in [3.05, 3.63) is 33.4 Å². The van der Waals surface area contributed by atoms with Crippen molar-refractivity contribution in [1.29, 1.82) is 0 Å². The van der Waals surface area contributed by atoms with Crippen LogP contribution in [0.1, 0.15) is 38.5 Å². The fraction of sp³-hybridized carbons (Fsp3) is 0.429. The molecule has 0 N–H and O–H groups in total. The van der Waals surface area contributed by atoms with Gasteiger partial charge in [-0.1, -0.05) is 11.1 Å². The zero-order valence-electron chi connectivity index (χ0n) is 9.06. The van der Waals surface area contributed by atoms with Crippen LogP contribution in [0.15, 0.2) is 33.4 Å². The maximum atomic E-state index is 11.8. The minimum absolute atomic E-state index is 0.314. The molecular weight excluding hydrogens is 200 g/mol.